The topological polar surface area (TPSA) is 31.9 Å². The lowest BCUT2D eigenvalue weighted by atomic mass is 9.90. The van der Waals surface area contributed by atoms with Gasteiger partial charge >= 0.3 is 0 Å². The molecule has 2 aromatic carbocycles. The molecule has 1 N–H and O–H groups in total. The van der Waals surface area contributed by atoms with Crippen molar-refractivity contribution in [3.8, 4) is 11.1 Å². The summed E-state index contributed by atoms with van der Waals surface area (Å²) in [5, 5.41) is 7.12. The van der Waals surface area contributed by atoms with Gasteiger partial charge in [0.2, 0.25) is 0 Å². The third-order valence-electron chi connectivity index (χ3n) is 5.47. The van der Waals surface area contributed by atoms with Crippen molar-refractivity contribution in [2.45, 2.75) is 32.2 Å². The van der Waals surface area contributed by atoms with E-state index in [1.807, 2.05) is 0 Å². The molecule has 0 saturated carbocycles. The van der Waals surface area contributed by atoms with Crippen molar-refractivity contribution in [1.29, 1.82) is 0 Å². The molecule has 140 valence electrons. The molecule has 1 aromatic heterocycles. The first-order chi connectivity index (χ1) is 13.1. The smallest absolute Gasteiger partial charge is 0.134 e. The predicted octanol–water partition coefficient (Wildman–Crippen LogP) is 5.04. The van der Waals surface area contributed by atoms with Gasteiger partial charge in [-0.05, 0) is 49.6 Å². The Morgan fingerprint density at radius 2 is 1.89 bits per heavy atom. The highest BCUT2D eigenvalue weighted by molar-refractivity contribution is 5.67. The first kappa shape index (κ1) is 17.9. The maximum Gasteiger partial charge on any atom is 0.134 e. The second-order valence-electron chi connectivity index (χ2n) is 7.29. The van der Waals surface area contributed by atoms with Gasteiger partial charge in [-0.2, -0.15) is 5.10 Å². The number of aromatic nitrogens is 2. The minimum Gasteiger partial charge on any atom is -0.298 e. The van der Waals surface area contributed by atoms with Gasteiger partial charge in [0.25, 0.3) is 0 Å². The highest BCUT2D eigenvalue weighted by Crippen LogP contribution is 2.35. The zero-order valence-corrected chi connectivity index (χ0v) is 15.4. The Kier molecular flexibility index (Phi) is 5.03. The summed E-state index contributed by atoms with van der Waals surface area (Å²) in [5.41, 5.74) is 3.98. The number of H-pyrrole nitrogens is 1. The summed E-state index contributed by atoms with van der Waals surface area (Å²) >= 11 is 0. The van der Waals surface area contributed by atoms with E-state index >= 15 is 0 Å². The zero-order valence-electron chi connectivity index (χ0n) is 15.4. The SMILES string of the molecule is Cc1ccccc1CN1CCC[C@H](c2[nH]ncc2-c2c(F)cccc2F)C1. The fourth-order valence-electron chi connectivity index (χ4n) is 4.02. The van der Waals surface area contributed by atoms with Crippen LogP contribution in [0.25, 0.3) is 11.1 Å². The van der Waals surface area contributed by atoms with E-state index in [1.54, 1.807) is 0 Å². The number of benzene rings is 2. The fourth-order valence-corrected chi connectivity index (χ4v) is 4.02. The average Bonchev–Trinajstić information content (AvgIpc) is 3.13. The van der Waals surface area contributed by atoms with Crippen LogP contribution in [-0.4, -0.2) is 28.2 Å². The number of aryl methyl sites for hydroxylation is 1. The van der Waals surface area contributed by atoms with Crippen LogP contribution in [-0.2, 0) is 6.54 Å². The van der Waals surface area contributed by atoms with Gasteiger partial charge in [-0.25, -0.2) is 8.78 Å². The molecule has 0 spiro atoms. The largest absolute Gasteiger partial charge is 0.298 e. The van der Waals surface area contributed by atoms with E-state index in [0.29, 0.717) is 5.56 Å². The van der Waals surface area contributed by atoms with Crippen molar-refractivity contribution < 1.29 is 8.78 Å². The van der Waals surface area contributed by atoms with Gasteiger partial charge in [0.1, 0.15) is 11.6 Å². The maximum absolute atomic E-state index is 14.3. The van der Waals surface area contributed by atoms with Crippen molar-refractivity contribution >= 4 is 0 Å². The highest BCUT2D eigenvalue weighted by atomic mass is 19.1. The molecule has 27 heavy (non-hydrogen) atoms. The number of nitrogens with zero attached hydrogens (tertiary/aromatic N) is 2. The van der Waals surface area contributed by atoms with Gasteiger partial charge in [-0.1, -0.05) is 30.3 Å². The van der Waals surface area contributed by atoms with E-state index in [2.05, 4.69) is 46.3 Å². The van der Waals surface area contributed by atoms with Crippen LogP contribution in [0.3, 0.4) is 0 Å². The Balaban J connectivity index is 1.58. The monoisotopic (exact) mass is 367 g/mol. The summed E-state index contributed by atoms with van der Waals surface area (Å²) in [4.78, 5) is 2.42. The van der Waals surface area contributed by atoms with Crippen molar-refractivity contribution in [3.63, 3.8) is 0 Å². The average molecular weight is 367 g/mol. The summed E-state index contributed by atoms with van der Waals surface area (Å²) in [6, 6.07) is 12.4. The van der Waals surface area contributed by atoms with E-state index in [1.165, 1.54) is 35.5 Å². The van der Waals surface area contributed by atoms with Crippen LogP contribution < -0.4 is 0 Å². The summed E-state index contributed by atoms with van der Waals surface area (Å²) in [6.07, 6.45) is 3.57. The molecule has 1 aliphatic rings. The van der Waals surface area contributed by atoms with Crippen molar-refractivity contribution in [1.82, 2.24) is 15.1 Å². The lowest BCUT2D eigenvalue weighted by Crippen LogP contribution is -2.34. The Morgan fingerprint density at radius 3 is 2.67 bits per heavy atom. The number of halogens is 2. The minimum absolute atomic E-state index is 0.0114. The summed E-state index contributed by atoms with van der Waals surface area (Å²) in [5.74, 6) is -0.922. The number of piperidine rings is 1. The van der Waals surface area contributed by atoms with E-state index in [-0.39, 0.29) is 11.5 Å². The Labute approximate surface area is 158 Å². The normalized spacial score (nSPS) is 18.0. The molecular weight excluding hydrogens is 344 g/mol. The number of hydrogen-bond acceptors (Lipinski definition) is 2. The molecule has 4 rings (SSSR count). The van der Waals surface area contributed by atoms with Gasteiger partial charge in [0.05, 0.1) is 11.8 Å². The van der Waals surface area contributed by atoms with Gasteiger partial charge < -0.3 is 0 Å². The summed E-state index contributed by atoms with van der Waals surface area (Å²) in [6.45, 7) is 4.90. The maximum atomic E-state index is 14.3. The summed E-state index contributed by atoms with van der Waals surface area (Å²) < 4.78 is 28.6. The lowest BCUT2D eigenvalue weighted by Gasteiger charge is -2.33. The van der Waals surface area contributed by atoms with E-state index in [9.17, 15) is 8.78 Å². The van der Waals surface area contributed by atoms with Gasteiger partial charge in [-0.15, -0.1) is 0 Å². The molecule has 0 radical (unpaired) electrons. The number of hydrogen-bond donors (Lipinski definition) is 1. The minimum atomic E-state index is -0.551. The van der Waals surface area contributed by atoms with Crippen LogP contribution in [0.4, 0.5) is 8.78 Å². The van der Waals surface area contributed by atoms with Crippen LogP contribution in [0.1, 0.15) is 35.6 Å². The van der Waals surface area contributed by atoms with Crippen molar-refractivity contribution in [2.24, 2.45) is 0 Å². The van der Waals surface area contributed by atoms with Crippen molar-refractivity contribution in [3.05, 3.63) is 77.1 Å². The van der Waals surface area contributed by atoms with Crippen LogP contribution in [0.5, 0.6) is 0 Å². The van der Waals surface area contributed by atoms with Crippen molar-refractivity contribution in [2.75, 3.05) is 13.1 Å². The molecule has 1 aliphatic heterocycles. The van der Waals surface area contributed by atoms with Crippen LogP contribution in [0.2, 0.25) is 0 Å². The first-order valence-electron chi connectivity index (χ1n) is 9.38. The molecule has 0 bridgehead atoms. The highest BCUT2D eigenvalue weighted by Gasteiger charge is 2.27. The third kappa shape index (κ3) is 3.65. The van der Waals surface area contributed by atoms with Gasteiger partial charge in [0, 0.05) is 30.3 Å². The van der Waals surface area contributed by atoms with E-state index < -0.39 is 11.6 Å². The fraction of sp³-hybridized carbons (Fsp3) is 0.318. The molecule has 2 heterocycles. The molecule has 1 atom stereocenters. The Bertz CT molecular complexity index is 915. The molecule has 3 nitrogen and oxygen atoms in total. The quantitative estimate of drug-likeness (QED) is 0.700. The number of aromatic amines is 1. The molecule has 0 aliphatic carbocycles. The molecule has 1 saturated heterocycles. The van der Waals surface area contributed by atoms with Gasteiger partial charge in [-0.3, -0.25) is 10.00 Å². The van der Waals surface area contributed by atoms with E-state index in [4.69, 9.17) is 0 Å². The third-order valence-corrected chi connectivity index (χ3v) is 5.47. The van der Waals surface area contributed by atoms with E-state index in [0.717, 1.165) is 38.2 Å². The molecule has 3 aromatic rings. The number of likely N-dealkylation sites (tertiary alicyclic amines) is 1. The summed E-state index contributed by atoms with van der Waals surface area (Å²) in [7, 11) is 0. The number of nitrogens with one attached hydrogen (secondary N) is 1. The van der Waals surface area contributed by atoms with Gasteiger partial charge in [0.15, 0.2) is 0 Å². The van der Waals surface area contributed by atoms with Crippen LogP contribution in [0.15, 0.2) is 48.7 Å². The Morgan fingerprint density at radius 1 is 1.11 bits per heavy atom. The molecular formula is C22H23F2N3. The molecule has 1 fully saturated rings. The second kappa shape index (κ2) is 7.61. The first-order valence-corrected chi connectivity index (χ1v) is 9.38. The standard InChI is InChI=1S/C22H23F2N3/c1-15-6-2-3-7-16(15)13-27-11-5-8-17(14-27)22-18(12-25-26-22)21-19(23)9-4-10-20(21)24/h2-4,6-7,9-10,12,17H,5,8,11,13-14H2,1H3,(H,25,26)/t17-/m0/s1. The molecule has 0 amide bonds. The zero-order chi connectivity index (χ0) is 18.8. The number of rotatable bonds is 4. The molecule has 0 unspecified atom stereocenters. The van der Waals surface area contributed by atoms with Crippen LogP contribution in [0, 0.1) is 18.6 Å². The second-order valence-corrected chi connectivity index (χ2v) is 7.29. The predicted molar refractivity (Wildman–Crippen MR) is 102 cm³/mol. The van der Waals surface area contributed by atoms with Crippen LogP contribution >= 0.6 is 0 Å². The lowest BCUT2D eigenvalue weighted by molar-refractivity contribution is 0.198. The Hall–Kier alpha value is -2.53. The molecule has 5 heteroatoms.